The van der Waals surface area contributed by atoms with Gasteiger partial charge in [0.05, 0.1) is 17.6 Å². The molecule has 3 nitrogen and oxygen atoms in total. The molecule has 128 valence electrons. The Bertz CT molecular complexity index is 738. The van der Waals surface area contributed by atoms with Crippen LogP contribution in [0.25, 0.3) is 0 Å². The molecule has 0 aliphatic heterocycles. The fourth-order valence-electron chi connectivity index (χ4n) is 3.62. The van der Waals surface area contributed by atoms with Crippen molar-refractivity contribution in [2.24, 2.45) is 0 Å². The minimum absolute atomic E-state index is 0.0767. The third-order valence-electron chi connectivity index (χ3n) is 5.28. The van der Waals surface area contributed by atoms with Crippen LogP contribution in [0, 0.1) is 11.3 Å². The van der Waals surface area contributed by atoms with Gasteiger partial charge in [-0.15, -0.1) is 0 Å². The predicted octanol–water partition coefficient (Wildman–Crippen LogP) is 4.50. The molecule has 1 atom stereocenters. The van der Waals surface area contributed by atoms with Crippen LogP contribution in [0.5, 0.6) is 0 Å². The Balaban J connectivity index is 1.52. The van der Waals surface area contributed by atoms with Crippen molar-refractivity contribution in [1.29, 1.82) is 5.26 Å². The van der Waals surface area contributed by atoms with Crippen molar-refractivity contribution in [1.82, 2.24) is 5.32 Å². The van der Waals surface area contributed by atoms with Crippen molar-refractivity contribution in [2.75, 3.05) is 0 Å². The number of nitriles is 1. The van der Waals surface area contributed by atoms with E-state index in [1.165, 1.54) is 5.56 Å². The second-order valence-electron chi connectivity index (χ2n) is 6.92. The van der Waals surface area contributed by atoms with Crippen molar-refractivity contribution < 1.29 is 4.79 Å². The van der Waals surface area contributed by atoms with Crippen molar-refractivity contribution in [3.8, 4) is 6.07 Å². The number of benzene rings is 2. The molecular formula is C22H24N2O. The summed E-state index contributed by atoms with van der Waals surface area (Å²) in [6, 6.07) is 20.3. The third-order valence-corrected chi connectivity index (χ3v) is 5.28. The van der Waals surface area contributed by atoms with Gasteiger partial charge in [-0.3, -0.25) is 4.79 Å². The van der Waals surface area contributed by atoms with Crippen LogP contribution in [0.15, 0.2) is 54.6 Å². The van der Waals surface area contributed by atoms with Gasteiger partial charge in [-0.05, 0) is 61.8 Å². The fraction of sp³-hybridized carbons (Fsp3) is 0.364. The van der Waals surface area contributed by atoms with Crippen molar-refractivity contribution >= 4 is 5.91 Å². The number of amides is 1. The molecule has 0 radical (unpaired) electrons. The van der Waals surface area contributed by atoms with Crippen molar-refractivity contribution in [3.05, 3.63) is 71.3 Å². The monoisotopic (exact) mass is 332 g/mol. The Morgan fingerprint density at radius 1 is 1.04 bits per heavy atom. The first-order chi connectivity index (χ1) is 12.2. The van der Waals surface area contributed by atoms with Crippen LogP contribution in [-0.4, -0.2) is 11.9 Å². The molecule has 1 unspecified atom stereocenters. The number of carbonyl (C=O) groups excluding carboxylic acids is 1. The number of rotatable bonds is 4. The van der Waals surface area contributed by atoms with Gasteiger partial charge in [0.1, 0.15) is 0 Å². The molecule has 0 saturated heterocycles. The second-order valence-corrected chi connectivity index (χ2v) is 6.92. The molecular weight excluding hydrogens is 308 g/mol. The Kier molecular flexibility index (Phi) is 5.50. The van der Waals surface area contributed by atoms with Gasteiger partial charge in [-0.1, -0.05) is 42.5 Å². The van der Waals surface area contributed by atoms with Gasteiger partial charge in [0.25, 0.3) is 0 Å². The summed E-state index contributed by atoms with van der Waals surface area (Å²) < 4.78 is 0. The number of carbonyl (C=O) groups is 1. The zero-order valence-electron chi connectivity index (χ0n) is 14.6. The van der Waals surface area contributed by atoms with E-state index < -0.39 is 0 Å². The van der Waals surface area contributed by atoms with Crippen LogP contribution in [0.4, 0.5) is 0 Å². The van der Waals surface area contributed by atoms with E-state index in [-0.39, 0.29) is 17.9 Å². The maximum Gasteiger partial charge on any atom is 0.227 e. The van der Waals surface area contributed by atoms with Gasteiger partial charge >= 0.3 is 0 Å². The summed E-state index contributed by atoms with van der Waals surface area (Å²) in [6.45, 7) is 1.92. The van der Waals surface area contributed by atoms with Gasteiger partial charge in [-0.2, -0.15) is 5.26 Å². The van der Waals surface area contributed by atoms with Crippen LogP contribution in [-0.2, 0) is 4.79 Å². The summed E-state index contributed by atoms with van der Waals surface area (Å²) in [5.41, 5.74) is 2.99. The maximum atomic E-state index is 12.5. The van der Waals surface area contributed by atoms with Crippen LogP contribution in [0.2, 0.25) is 0 Å². The lowest BCUT2D eigenvalue weighted by molar-refractivity contribution is -0.123. The van der Waals surface area contributed by atoms with Gasteiger partial charge in [0, 0.05) is 6.04 Å². The van der Waals surface area contributed by atoms with Crippen molar-refractivity contribution in [3.63, 3.8) is 0 Å². The predicted molar refractivity (Wildman–Crippen MR) is 99.2 cm³/mol. The van der Waals surface area contributed by atoms with Gasteiger partial charge in [0.15, 0.2) is 0 Å². The van der Waals surface area contributed by atoms with E-state index in [4.69, 9.17) is 5.26 Å². The standard InChI is InChI=1S/C22H24N2O/c1-16(18-9-7-17(15-23)8-10-18)22(25)24-21-13-11-20(12-14-21)19-5-3-2-4-6-19/h2-10,16,20-21H,11-14H2,1H3,(H,24,25). The van der Waals surface area contributed by atoms with E-state index in [1.54, 1.807) is 12.1 Å². The highest BCUT2D eigenvalue weighted by Gasteiger charge is 2.25. The van der Waals surface area contributed by atoms with Crippen molar-refractivity contribution in [2.45, 2.75) is 50.5 Å². The summed E-state index contributed by atoms with van der Waals surface area (Å²) in [4.78, 5) is 12.5. The molecule has 25 heavy (non-hydrogen) atoms. The molecule has 3 rings (SSSR count). The first-order valence-corrected chi connectivity index (χ1v) is 9.02. The lowest BCUT2D eigenvalue weighted by Crippen LogP contribution is -2.39. The lowest BCUT2D eigenvalue weighted by atomic mass is 9.81. The van der Waals surface area contributed by atoms with Crippen LogP contribution < -0.4 is 5.32 Å². The molecule has 1 N–H and O–H groups in total. The van der Waals surface area contributed by atoms with Crippen LogP contribution in [0.1, 0.15) is 61.1 Å². The Morgan fingerprint density at radius 3 is 2.28 bits per heavy atom. The molecule has 2 aromatic rings. The molecule has 1 aliphatic rings. The van der Waals surface area contributed by atoms with Gasteiger partial charge in [-0.25, -0.2) is 0 Å². The summed E-state index contributed by atoms with van der Waals surface area (Å²) in [5, 5.41) is 12.1. The zero-order valence-corrected chi connectivity index (χ0v) is 14.6. The summed E-state index contributed by atoms with van der Waals surface area (Å²) in [5.74, 6) is 0.498. The van der Waals surface area contributed by atoms with Gasteiger partial charge in [0.2, 0.25) is 5.91 Å². The number of hydrogen-bond acceptors (Lipinski definition) is 2. The smallest absolute Gasteiger partial charge is 0.227 e. The number of nitrogens with one attached hydrogen (secondary N) is 1. The SMILES string of the molecule is CC(C(=O)NC1CCC(c2ccccc2)CC1)c1ccc(C#N)cc1. The molecule has 1 amide bonds. The molecule has 1 saturated carbocycles. The average Bonchev–Trinajstić information content (AvgIpc) is 2.68. The summed E-state index contributed by atoms with van der Waals surface area (Å²) in [6.07, 6.45) is 4.32. The van der Waals surface area contributed by atoms with Crippen LogP contribution >= 0.6 is 0 Å². The quantitative estimate of drug-likeness (QED) is 0.896. The lowest BCUT2D eigenvalue weighted by Gasteiger charge is -2.30. The average molecular weight is 332 g/mol. The zero-order chi connectivity index (χ0) is 17.6. The largest absolute Gasteiger partial charge is 0.353 e. The van der Waals surface area contributed by atoms with E-state index in [9.17, 15) is 4.79 Å². The third kappa shape index (κ3) is 4.28. The van der Waals surface area contributed by atoms with Crippen LogP contribution in [0.3, 0.4) is 0 Å². The second kappa shape index (κ2) is 7.98. The molecule has 0 bridgehead atoms. The minimum Gasteiger partial charge on any atom is -0.353 e. The minimum atomic E-state index is -0.195. The fourth-order valence-corrected chi connectivity index (χ4v) is 3.62. The van der Waals surface area contributed by atoms with E-state index in [2.05, 4.69) is 41.7 Å². The van der Waals surface area contributed by atoms with E-state index >= 15 is 0 Å². The normalized spacial score (nSPS) is 21.1. The Morgan fingerprint density at radius 2 is 1.68 bits per heavy atom. The first kappa shape index (κ1) is 17.2. The first-order valence-electron chi connectivity index (χ1n) is 9.02. The Hall–Kier alpha value is -2.60. The topological polar surface area (TPSA) is 52.9 Å². The number of nitrogens with zero attached hydrogens (tertiary/aromatic N) is 1. The molecule has 2 aromatic carbocycles. The highest BCUT2D eigenvalue weighted by molar-refractivity contribution is 5.83. The van der Waals surface area contributed by atoms with E-state index in [0.717, 1.165) is 31.2 Å². The number of hydrogen-bond donors (Lipinski definition) is 1. The van der Waals surface area contributed by atoms with Gasteiger partial charge < -0.3 is 5.32 Å². The summed E-state index contributed by atoms with van der Waals surface area (Å²) >= 11 is 0. The highest BCUT2D eigenvalue weighted by atomic mass is 16.1. The van der Waals surface area contributed by atoms with E-state index in [1.807, 2.05) is 19.1 Å². The summed E-state index contributed by atoms with van der Waals surface area (Å²) in [7, 11) is 0. The molecule has 0 spiro atoms. The van der Waals surface area contributed by atoms with E-state index in [0.29, 0.717) is 11.5 Å². The Labute approximate surface area is 149 Å². The maximum absolute atomic E-state index is 12.5. The molecule has 0 heterocycles. The highest BCUT2D eigenvalue weighted by Crippen LogP contribution is 2.33. The molecule has 1 fully saturated rings. The molecule has 0 aromatic heterocycles. The molecule has 3 heteroatoms. The molecule has 1 aliphatic carbocycles.